The molecule has 0 saturated carbocycles. The van der Waals surface area contributed by atoms with Gasteiger partial charge in [-0.25, -0.2) is 22.8 Å². The molecule has 0 saturated heterocycles. The molecule has 0 aliphatic heterocycles. The SMILES string of the molecule is COc1ccc(Nc2nc3ccccc3nc2NS(=O)(=O)c2ccc(F)cc2C)cc1. The second-order valence-corrected chi connectivity index (χ2v) is 8.43. The van der Waals surface area contributed by atoms with Gasteiger partial charge in [-0.15, -0.1) is 0 Å². The summed E-state index contributed by atoms with van der Waals surface area (Å²) in [6.07, 6.45) is 0. The molecular weight excluding hydrogens is 419 g/mol. The fourth-order valence-corrected chi connectivity index (χ4v) is 4.30. The molecule has 9 heteroatoms. The predicted molar refractivity (Wildman–Crippen MR) is 118 cm³/mol. The van der Waals surface area contributed by atoms with Crippen molar-refractivity contribution in [1.82, 2.24) is 9.97 Å². The first-order valence-electron chi connectivity index (χ1n) is 9.32. The number of aromatic nitrogens is 2. The molecule has 7 nitrogen and oxygen atoms in total. The Morgan fingerprint density at radius 3 is 2.16 bits per heavy atom. The number of nitrogens with one attached hydrogen (secondary N) is 2. The standard InChI is InChI=1S/C22H19FN4O3S/c1-14-13-15(23)7-12-20(14)31(28,29)27-22-21(24-16-8-10-17(30-2)11-9-16)25-18-5-3-4-6-19(18)26-22/h3-13H,1-2H3,(H,24,25)(H,26,27). The summed E-state index contributed by atoms with van der Waals surface area (Å²) in [5, 5.41) is 3.10. The largest absolute Gasteiger partial charge is 0.497 e. The Labute approximate surface area is 179 Å². The van der Waals surface area contributed by atoms with Crippen molar-refractivity contribution >= 4 is 38.4 Å². The number of para-hydroxylation sites is 2. The fraction of sp³-hybridized carbons (Fsp3) is 0.0909. The molecule has 0 fully saturated rings. The number of aryl methyl sites for hydroxylation is 1. The highest BCUT2D eigenvalue weighted by Gasteiger charge is 2.21. The third-order valence-electron chi connectivity index (χ3n) is 4.58. The lowest BCUT2D eigenvalue weighted by molar-refractivity contribution is 0.415. The van der Waals surface area contributed by atoms with Gasteiger partial charge >= 0.3 is 0 Å². The number of fused-ring (bicyclic) bond motifs is 1. The Morgan fingerprint density at radius 2 is 1.55 bits per heavy atom. The molecule has 4 aromatic rings. The molecule has 0 radical (unpaired) electrons. The average molecular weight is 438 g/mol. The molecule has 0 bridgehead atoms. The zero-order chi connectivity index (χ0) is 22.0. The highest BCUT2D eigenvalue weighted by molar-refractivity contribution is 7.92. The Bertz CT molecular complexity index is 1360. The zero-order valence-electron chi connectivity index (χ0n) is 16.8. The maximum absolute atomic E-state index is 13.4. The van der Waals surface area contributed by atoms with E-state index in [1.54, 1.807) is 49.6 Å². The number of hydrogen-bond donors (Lipinski definition) is 2. The van der Waals surface area contributed by atoms with E-state index in [2.05, 4.69) is 20.0 Å². The molecule has 0 spiro atoms. The van der Waals surface area contributed by atoms with Gasteiger partial charge in [-0.2, -0.15) is 0 Å². The van der Waals surface area contributed by atoms with Crippen LogP contribution in [0.3, 0.4) is 0 Å². The van der Waals surface area contributed by atoms with Crippen molar-refractivity contribution < 1.29 is 17.5 Å². The summed E-state index contributed by atoms with van der Waals surface area (Å²) in [6, 6.07) is 17.7. The number of rotatable bonds is 6. The first-order chi connectivity index (χ1) is 14.9. The number of ether oxygens (including phenoxy) is 1. The van der Waals surface area contributed by atoms with Crippen LogP contribution in [-0.2, 0) is 10.0 Å². The van der Waals surface area contributed by atoms with Crippen LogP contribution in [0.4, 0.5) is 21.7 Å². The van der Waals surface area contributed by atoms with Gasteiger partial charge in [-0.1, -0.05) is 12.1 Å². The van der Waals surface area contributed by atoms with E-state index in [0.717, 1.165) is 12.1 Å². The predicted octanol–water partition coefficient (Wildman–Crippen LogP) is 4.63. The maximum Gasteiger partial charge on any atom is 0.263 e. The quantitative estimate of drug-likeness (QED) is 0.456. The average Bonchev–Trinajstić information content (AvgIpc) is 2.74. The highest BCUT2D eigenvalue weighted by Crippen LogP contribution is 2.28. The van der Waals surface area contributed by atoms with Gasteiger partial charge in [0.2, 0.25) is 0 Å². The summed E-state index contributed by atoms with van der Waals surface area (Å²) >= 11 is 0. The number of halogens is 1. The minimum Gasteiger partial charge on any atom is -0.497 e. The number of sulfonamides is 1. The molecule has 0 aliphatic rings. The fourth-order valence-electron chi connectivity index (χ4n) is 3.07. The van der Waals surface area contributed by atoms with Crippen molar-refractivity contribution in [2.24, 2.45) is 0 Å². The van der Waals surface area contributed by atoms with Gasteiger partial charge in [0.05, 0.1) is 23.0 Å². The molecule has 0 aliphatic carbocycles. The molecule has 1 aromatic heterocycles. The molecule has 158 valence electrons. The topological polar surface area (TPSA) is 93.2 Å². The summed E-state index contributed by atoms with van der Waals surface area (Å²) in [4.78, 5) is 8.94. The van der Waals surface area contributed by atoms with E-state index in [4.69, 9.17) is 4.74 Å². The highest BCUT2D eigenvalue weighted by atomic mass is 32.2. The monoisotopic (exact) mass is 438 g/mol. The summed E-state index contributed by atoms with van der Waals surface area (Å²) in [6.45, 7) is 1.53. The lowest BCUT2D eigenvalue weighted by Crippen LogP contribution is -2.17. The Hall–Kier alpha value is -3.72. The smallest absolute Gasteiger partial charge is 0.263 e. The second-order valence-electron chi connectivity index (χ2n) is 6.78. The molecule has 0 amide bonds. The van der Waals surface area contributed by atoms with Gasteiger partial charge in [0.15, 0.2) is 11.6 Å². The summed E-state index contributed by atoms with van der Waals surface area (Å²) in [5.41, 5.74) is 2.07. The van der Waals surface area contributed by atoms with Crippen LogP contribution in [0, 0.1) is 12.7 Å². The van der Waals surface area contributed by atoms with Crippen LogP contribution in [0.5, 0.6) is 5.75 Å². The van der Waals surface area contributed by atoms with Gasteiger partial charge in [0, 0.05) is 5.69 Å². The number of hydrogen-bond acceptors (Lipinski definition) is 6. The Morgan fingerprint density at radius 1 is 0.903 bits per heavy atom. The Kier molecular flexibility index (Phi) is 5.43. The second kappa shape index (κ2) is 8.19. The van der Waals surface area contributed by atoms with E-state index in [1.807, 2.05) is 6.07 Å². The van der Waals surface area contributed by atoms with Crippen LogP contribution in [0.1, 0.15) is 5.56 Å². The third kappa shape index (κ3) is 4.41. The molecule has 1 heterocycles. The molecule has 0 atom stereocenters. The van der Waals surface area contributed by atoms with Gasteiger partial charge in [-0.3, -0.25) is 4.72 Å². The van der Waals surface area contributed by atoms with Crippen LogP contribution < -0.4 is 14.8 Å². The minimum atomic E-state index is -4.03. The van der Waals surface area contributed by atoms with Crippen LogP contribution in [0.15, 0.2) is 71.6 Å². The number of nitrogens with zero attached hydrogens (tertiary/aromatic N) is 2. The van der Waals surface area contributed by atoms with E-state index >= 15 is 0 Å². The van der Waals surface area contributed by atoms with Crippen LogP contribution in [-0.4, -0.2) is 25.5 Å². The molecule has 4 rings (SSSR count). The molecule has 0 unspecified atom stereocenters. The van der Waals surface area contributed by atoms with Crippen molar-refractivity contribution in [1.29, 1.82) is 0 Å². The van der Waals surface area contributed by atoms with Crippen molar-refractivity contribution in [3.8, 4) is 5.75 Å². The first-order valence-corrected chi connectivity index (χ1v) is 10.8. The molecule has 2 N–H and O–H groups in total. The first kappa shape index (κ1) is 20.5. The number of methoxy groups -OCH3 is 1. The van der Waals surface area contributed by atoms with E-state index < -0.39 is 15.8 Å². The summed E-state index contributed by atoms with van der Waals surface area (Å²) in [5.74, 6) is 0.428. The lowest BCUT2D eigenvalue weighted by atomic mass is 10.2. The van der Waals surface area contributed by atoms with Gasteiger partial charge in [0.1, 0.15) is 11.6 Å². The maximum atomic E-state index is 13.4. The van der Waals surface area contributed by atoms with E-state index in [9.17, 15) is 12.8 Å². The van der Waals surface area contributed by atoms with Crippen molar-refractivity contribution in [3.05, 3.63) is 78.1 Å². The number of anilines is 3. The van der Waals surface area contributed by atoms with Gasteiger partial charge in [0.25, 0.3) is 10.0 Å². The van der Waals surface area contributed by atoms with E-state index in [1.165, 1.54) is 13.0 Å². The zero-order valence-corrected chi connectivity index (χ0v) is 17.6. The van der Waals surface area contributed by atoms with Crippen LogP contribution in [0.25, 0.3) is 11.0 Å². The molecule has 31 heavy (non-hydrogen) atoms. The van der Waals surface area contributed by atoms with E-state index in [-0.39, 0.29) is 22.1 Å². The van der Waals surface area contributed by atoms with Crippen molar-refractivity contribution in [2.75, 3.05) is 17.1 Å². The molecular formula is C22H19FN4O3S. The normalized spacial score (nSPS) is 11.3. The van der Waals surface area contributed by atoms with Crippen molar-refractivity contribution in [3.63, 3.8) is 0 Å². The van der Waals surface area contributed by atoms with Gasteiger partial charge in [-0.05, 0) is 67.1 Å². The van der Waals surface area contributed by atoms with Crippen LogP contribution >= 0.6 is 0 Å². The lowest BCUT2D eigenvalue weighted by Gasteiger charge is -2.15. The molecule has 3 aromatic carbocycles. The van der Waals surface area contributed by atoms with Crippen molar-refractivity contribution in [2.45, 2.75) is 11.8 Å². The van der Waals surface area contributed by atoms with Gasteiger partial charge < -0.3 is 10.1 Å². The summed E-state index contributed by atoms with van der Waals surface area (Å²) in [7, 11) is -2.46. The Balaban J connectivity index is 1.76. The summed E-state index contributed by atoms with van der Waals surface area (Å²) < 4.78 is 47.1. The minimum absolute atomic E-state index is 0.0262. The van der Waals surface area contributed by atoms with E-state index in [0.29, 0.717) is 22.5 Å². The van der Waals surface area contributed by atoms with Crippen LogP contribution in [0.2, 0.25) is 0 Å². The number of benzene rings is 3. The third-order valence-corrected chi connectivity index (χ3v) is 6.08.